The molecule has 0 atom stereocenters. The molecule has 1 fully saturated rings. The Morgan fingerprint density at radius 2 is 1.30 bits per heavy atom. The summed E-state index contributed by atoms with van der Waals surface area (Å²) in [4.78, 5) is 21.8. The van der Waals surface area contributed by atoms with Gasteiger partial charge in [0.15, 0.2) is 0 Å². The Morgan fingerprint density at radius 3 is 1.79 bits per heavy atom. The van der Waals surface area contributed by atoms with Crippen molar-refractivity contribution in [3.63, 3.8) is 0 Å². The normalized spacial score (nSPS) is 21.2. The number of benzene rings is 2. The molecule has 5 nitrogen and oxygen atoms in total. The topological polar surface area (TPSA) is 45.1 Å². The molecule has 170 valence electrons. The number of nitrogens with zero attached hydrogens (tertiary/aromatic N) is 3. The second kappa shape index (κ2) is 8.54. The van der Waals surface area contributed by atoms with E-state index in [1.54, 1.807) is 0 Å². The fraction of sp³-hybridized carbons (Fsp3) is 0.357. The molecule has 3 aliphatic rings. The number of rotatable bonds is 2. The van der Waals surface area contributed by atoms with Gasteiger partial charge in [-0.25, -0.2) is 4.79 Å². The van der Waals surface area contributed by atoms with E-state index in [1.807, 2.05) is 20.8 Å². The number of para-hydroxylation sites is 2. The maximum atomic E-state index is 12.7. The summed E-state index contributed by atoms with van der Waals surface area (Å²) in [5.41, 5.74) is 7.59. The van der Waals surface area contributed by atoms with Gasteiger partial charge in [0.2, 0.25) is 0 Å². The molecular weight excluding hydrogens is 410 g/mol. The molecule has 0 radical (unpaired) electrons. The summed E-state index contributed by atoms with van der Waals surface area (Å²) in [6.45, 7) is 7.50. The van der Waals surface area contributed by atoms with E-state index in [0.29, 0.717) is 0 Å². The lowest BCUT2D eigenvalue weighted by atomic mass is 10.1. The van der Waals surface area contributed by atoms with Gasteiger partial charge in [-0.2, -0.15) is 4.99 Å². The van der Waals surface area contributed by atoms with Gasteiger partial charge in [-0.3, -0.25) is 0 Å². The predicted molar refractivity (Wildman–Crippen MR) is 134 cm³/mol. The molecule has 0 spiro atoms. The molecule has 0 aromatic heterocycles. The molecule has 0 unspecified atom stereocenters. The monoisotopic (exact) mass is 441 g/mol. The van der Waals surface area contributed by atoms with Crippen molar-refractivity contribution >= 4 is 23.2 Å². The largest absolute Gasteiger partial charge is 0.442 e. The van der Waals surface area contributed by atoms with Gasteiger partial charge < -0.3 is 14.5 Å². The third kappa shape index (κ3) is 4.58. The van der Waals surface area contributed by atoms with Gasteiger partial charge in [0.05, 0.1) is 5.71 Å². The fourth-order valence-electron chi connectivity index (χ4n) is 4.86. The number of carbonyl (C=O) groups excluding carboxylic acids is 1. The van der Waals surface area contributed by atoms with E-state index >= 15 is 0 Å². The van der Waals surface area contributed by atoms with Crippen LogP contribution in [0.15, 0.2) is 77.1 Å². The quantitative estimate of drug-likeness (QED) is 0.569. The van der Waals surface area contributed by atoms with Crippen LogP contribution in [-0.2, 0) is 17.6 Å². The van der Waals surface area contributed by atoms with Gasteiger partial charge in [0.1, 0.15) is 5.60 Å². The zero-order chi connectivity index (χ0) is 23.0. The van der Waals surface area contributed by atoms with Gasteiger partial charge in [0, 0.05) is 36.9 Å². The first kappa shape index (κ1) is 21.5. The summed E-state index contributed by atoms with van der Waals surface area (Å²) < 4.78 is 5.54. The van der Waals surface area contributed by atoms with Crippen LogP contribution in [0.5, 0.6) is 0 Å². The first-order valence-corrected chi connectivity index (χ1v) is 11.8. The molecule has 2 heterocycles. The van der Waals surface area contributed by atoms with Crippen LogP contribution >= 0.6 is 0 Å². The molecule has 1 amide bonds. The van der Waals surface area contributed by atoms with E-state index in [4.69, 9.17) is 4.74 Å². The van der Waals surface area contributed by atoms with Crippen LogP contribution in [0.25, 0.3) is 0 Å². The predicted octanol–water partition coefficient (Wildman–Crippen LogP) is 6.05. The molecule has 2 aromatic carbocycles. The second-order valence-corrected chi connectivity index (χ2v) is 9.89. The van der Waals surface area contributed by atoms with Crippen molar-refractivity contribution < 1.29 is 9.53 Å². The number of ether oxygens (including phenoxy) is 1. The van der Waals surface area contributed by atoms with Crippen LogP contribution in [0, 0.1) is 0 Å². The molecule has 1 saturated carbocycles. The van der Waals surface area contributed by atoms with E-state index in [-0.39, 0.29) is 0 Å². The summed E-state index contributed by atoms with van der Waals surface area (Å²) in [7, 11) is 0. The summed E-state index contributed by atoms with van der Waals surface area (Å²) in [6, 6.07) is 17.0. The minimum absolute atomic E-state index is 0.528. The van der Waals surface area contributed by atoms with E-state index in [9.17, 15) is 4.79 Å². The molecule has 0 N–H and O–H groups in total. The average Bonchev–Trinajstić information content (AvgIpc) is 3.47. The minimum atomic E-state index is -0.574. The highest BCUT2D eigenvalue weighted by Gasteiger charge is 2.28. The molecule has 2 aromatic rings. The number of hydrogen-bond acceptors (Lipinski definition) is 4. The highest BCUT2D eigenvalue weighted by Crippen LogP contribution is 2.35. The molecule has 0 saturated heterocycles. The summed E-state index contributed by atoms with van der Waals surface area (Å²) >= 11 is 0. The van der Waals surface area contributed by atoms with Crippen LogP contribution in [0.4, 0.5) is 16.2 Å². The number of amides is 1. The van der Waals surface area contributed by atoms with E-state index < -0.39 is 11.7 Å². The molecule has 0 bridgehead atoms. The Labute approximate surface area is 196 Å². The Bertz CT molecular complexity index is 1090. The maximum absolute atomic E-state index is 12.7. The van der Waals surface area contributed by atoms with Crippen LogP contribution < -0.4 is 9.80 Å². The van der Waals surface area contributed by atoms with Crippen molar-refractivity contribution in [2.24, 2.45) is 4.99 Å². The summed E-state index contributed by atoms with van der Waals surface area (Å²) in [6.07, 6.45) is 7.64. The fourth-order valence-corrected chi connectivity index (χ4v) is 4.86. The lowest BCUT2D eigenvalue weighted by Gasteiger charge is -2.19. The van der Waals surface area contributed by atoms with Crippen LogP contribution in [0.1, 0.15) is 44.7 Å². The zero-order valence-electron chi connectivity index (χ0n) is 19.7. The van der Waals surface area contributed by atoms with E-state index in [0.717, 1.165) is 55.6 Å². The van der Waals surface area contributed by atoms with Crippen molar-refractivity contribution in [2.45, 2.75) is 52.1 Å². The zero-order valence-corrected chi connectivity index (χ0v) is 19.7. The van der Waals surface area contributed by atoms with Crippen LogP contribution in [0.3, 0.4) is 0 Å². The average molecular weight is 442 g/mol. The Morgan fingerprint density at radius 1 is 0.818 bits per heavy atom. The van der Waals surface area contributed by atoms with Crippen molar-refractivity contribution in [3.05, 3.63) is 83.2 Å². The molecule has 5 heteroatoms. The van der Waals surface area contributed by atoms with Gasteiger partial charge in [0.25, 0.3) is 0 Å². The number of hydrogen-bond donors (Lipinski definition) is 0. The van der Waals surface area contributed by atoms with Crippen molar-refractivity contribution in [2.75, 3.05) is 22.9 Å². The van der Waals surface area contributed by atoms with Gasteiger partial charge in [-0.05, 0) is 80.9 Å². The lowest BCUT2D eigenvalue weighted by molar-refractivity contribution is 0.0604. The lowest BCUT2D eigenvalue weighted by Crippen LogP contribution is -2.23. The standard InChI is InChI=1S/C28H31N3O2/c1-28(2,3)33-27(32)29-26-22(18-30-16-14-20-8-4-6-10-24(20)30)12-13-23(26)19-31-17-15-21-9-5-7-11-25(21)31/h4-11,18-19H,12-17H2,1-3H3/b22-18-,23-19+,29-26?. The third-order valence-corrected chi connectivity index (χ3v) is 6.34. The number of anilines is 2. The molecule has 5 rings (SSSR count). The maximum Gasteiger partial charge on any atom is 0.434 e. The number of carbonyl (C=O) groups is 1. The SMILES string of the molecule is CC(C)(C)OC(=O)N=C1/C(=C\N2CCc3ccccc32)CC/C1=C\N1CCc2ccccc21. The van der Waals surface area contributed by atoms with Crippen molar-refractivity contribution in [1.82, 2.24) is 0 Å². The molecule has 33 heavy (non-hydrogen) atoms. The van der Waals surface area contributed by atoms with E-state index in [2.05, 4.69) is 75.7 Å². The van der Waals surface area contributed by atoms with Gasteiger partial charge in [-0.15, -0.1) is 0 Å². The number of fused-ring (bicyclic) bond motifs is 2. The van der Waals surface area contributed by atoms with Gasteiger partial charge >= 0.3 is 6.09 Å². The van der Waals surface area contributed by atoms with Gasteiger partial charge in [-0.1, -0.05) is 36.4 Å². The number of allylic oxidation sites excluding steroid dienone is 2. The smallest absolute Gasteiger partial charge is 0.434 e. The minimum Gasteiger partial charge on any atom is -0.442 e. The first-order valence-electron chi connectivity index (χ1n) is 11.8. The third-order valence-electron chi connectivity index (χ3n) is 6.34. The van der Waals surface area contributed by atoms with Crippen LogP contribution in [0.2, 0.25) is 0 Å². The molecule has 2 aliphatic heterocycles. The summed E-state index contributed by atoms with van der Waals surface area (Å²) in [5.74, 6) is 0. The van der Waals surface area contributed by atoms with Crippen molar-refractivity contribution in [3.8, 4) is 0 Å². The number of aliphatic imine (C=N–C) groups is 1. The van der Waals surface area contributed by atoms with Crippen LogP contribution in [-0.4, -0.2) is 30.5 Å². The highest BCUT2D eigenvalue weighted by molar-refractivity contribution is 6.18. The highest BCUT2D eigenvalue weighted by atomic mass is 16.6. The Kier molecular flexibility index (Phi) is 5.57. The van der Waals surface area contributed by atoms with E-state index in [1.165, 1.54) is 22.5 Å². The second-order valence-electron chi connectivity index (χ2n) is 9.89. The molecule has 1 aliphatic carbocycles. The molecular formula is C28H31N3O2. The first-order chi connectivity index (χ1) is 15.9. The summed E-state index contributed by atoms with van der Waals surface area (Å²) in [5, 5.41) is 0. The van der Waals surface area contributed by atoms with Crippen molar-refractivity contribution in [1.29, 1.82) is 0 Å². The Hall–Kier alpha value is -3.34. The Balaban J connectivity index is 1.49.